The third kappa shape index (κ3) is 2.46. The molecule has 3 atom stereocenters. The van der Waals surface area contributed by atoms with Crippen molar-refractivity contribution >= 4 is 0 Å². The molecular weight excluding hydrogens is 158 g/mol. The van der Waals surface area contributed by atoms with E-state index in [1.807, 2.05) is 0 Å². The van der Waals surface area contributed by atoms with Crippen molar-refractivity contribution in [3.8, 4) is 0 Å². The fraction of sp³-hybridized carbons (Fsp3) is 1.00. The zero-order chi connectivity index (χ0) is 9.90. The van der Waals surface area contributed by atoms with E-state index in [0.717, 1.165) is 18.4 Å². The summed E-state index contributed by atoms with van der Waals surface area (Å²) in [6.45, 7) is 11.8. The Morgan fingerprint density at radius 1 is 1.38 bits per heavy atom. The molecule has 1 fully saturated rings. The summed E-state index contributed by atoms with van der Waals surface area (Å²) in [5, 5.41) is 3.51. The molecule has 1 saturated carbocycles. The van der Waals surface area contributed by atoms with Crippen molar-refractivity contribution in [2.75, 3.05) is 13.1 Å². The summed E-state index contributed by atoms with van der Waals surface area (Å²) in [4.78, 5) is 0. The van der Waals surface area contributed by atoms with Gasteiger partial charge in [-0.2, -0.15) is 0 Å². The van der Waals surface area contributed by atoms with Crippen molar-refractivity contribution in [1.29, 1.82) is 0 Å². The Balaban J connectivity index is 2.53. The minimum absolute atomic E-state index is 0.549. The van der Waals surface area contributed by atoms with Crippen molar-refractivity contribution < 1.29 is 0 Å². The van der Waals surface area contributed by atoms with Crippen LogP contribution < -0.4 is 5.32 Å². The molecule has 0 aromatic rings. The summed E-state index contributed by atoms with van der Waals surface area (Å²) >= 11 is 0. The van der Waals surface area contributed by atoms with Crippen molar-refractivity contribution in [1.82, 2.24) is 5.32 Å². The normalized spacial score (nSPS) is 40.6. The molecule has 1 aliphatic carbocycles. The summed E-state index contributed by atoms with van der Waals surface area (Å²) in [5.41, 5.74) is 0.549. The van der Waals surface area contributed by atoms with E-state index in [-0.39, 0.29) is 0 Å². The topological polar surface area (TPSA) is 12.0 Å². The van der Waals surface area contributed by atoms with Gasteiger partial charge in [0, 0.05) is 6.54 Å². The highest BCUT2D eigenvalue weighted by molar-refractivity contribution is 4.88. The van der Waals surface area contributed by atoms with Gasteiger partial charge in [-0.1, -0.05) is 40.5 Å². The molecule has 3 unspecified atom stereocenters. The number of rotatable bonds is 3. The standard InChI is InChI=1S/C12H25N/c1-5-13-9-12(4)8-6-7-10(2)11(12)3/h10-11,13H,5-9H2,1-4H3. The number of nitrogens with one attached hydrogen (secondary N) is 1. The van der Waals surface area contributed by atoms with Gasteiger partial charge in [0.05, 0.1) is 0 Å². The van der Waals surface area contributed by atoms with Gasteiger partial charge in [0.25, 0.3) is 0 Å². The largest absolute Gasteiger partial charge is 0.316 e. The summed E-state index contributed by atoms with van der Waals surface area (Å²) in [7, 11) is 0. The molecule has 0 bridgehead atoms. The predicted molar refractivity (Wildman–Crippen MR) is 58.8 cm³/mol. The van der Waals surface area contributed by atoms with Crippen LogP contribution in [0.15, 0.2) is 0 Å². The zero-order valence-corrected chi connectivity index (χ0v) is 9.69. The van der Waals surface area contributed by atoms with Crippen LogP contribution in [0.4, 0.5) is 0 Å². The van der Waals surface area contributed by atoms with E-state index in [2.05, 4.69) is 33.0 Å². The Hall–Kier alpha value is -0.0400. The van der Waals surface area contributed by atoms with Crippen molar-refractivity contribution in [3.63, 3.8) is 0 Å². The van der Waals surface area contributed by atoms with Crippen LogP contribution in [0.2, 0.25) is 0 Å². The van der Waals surface area contributed by atoms with Crippen LogP contribution in [0.1, 0.15) is 47.0 Å². The molecule has 1 rings (SSSR count). The SMILES string of the molecule is CCNCC1(C)CCCC(C)C1C. The quantitative estimate of drug-likeness (QED) is 0.709. The van der Waals surface area contributed by atoms with Gasteiger partial charge in [0.15, 0.2) is 0 Å². The zero-order valence-electron chi connectivity index (χ0n) is 9.69. The first-order valence-electron chi connectivity index (χ1n) is 5.81. The molecule has 0 amide bonds. The van der Waals surface area contributed by atoms with Crippen LogP contribution in [0.5, 0.6) is 0 Å². The van der Waals surface area contributed by atoms with Gasteiger partial charge in [-0.05, 0) is 30.2 Å². The van der Waals surface area contributed by atoms with Crippen LogP contribution in [0.3, 0.4) is 0 Å². The van der Waals surface area contributed by atoms with Crippen LogP contribution >= 0.6 is 0 Å². The molecule has 0 radical (unpaired) electrons. The Morgan fingerprint density at radius 3 is 2.69 bits per heavy atom. The van der Waals surface area contributed by atoms with Crippen LogP contribution in [-0.2, 0) is 0 Å². The van der Waals surface area contributed by atoms with E-state index in [1.165, 1.54) is 25.8 Å². The molecule has 1 heteroatoms. The van der Waals surface area contributed by atoms with E-state index in [0.29, 0.717) is 5.41 Å². The molecule has 0 spiro atoms. The lowest BCUT2D eigenvalue weighted by molar-refractivity contribution is 0.0800. The van der Waals surface area contributed by atoms with Gasteiger partial charge in [-0.15, -0.1) is 0 Å². The minimum Gasteiger partial charge on any atom is -0.316 e. The lowest BCUT2D eigenvalue weighted by Crippen LogP contribution is -2.42. The maximum absolute atomic E-state index is 3.51. The maximum Gasteiger partial charge on any atom is 0.000770 e. The lowest BCUT2D eigenvalue weighted by Gasteiger charge is -2.43. The second-order valence-electron chi connectivity index (χ2n) is 5.09. The number of hydrogen-bond acceptors (Lipinski definition) is 1. The fourth-order valence-electron chi connectivity index (χ4n) is 2.65. The molecule has 0 aromatic carbocycles. The highest BCUT2D eigenvalue weighted by atomic mass is 14.9. The van der Waals surface area contributed by atoms with Gasteiger partial charge in [-0.25, -0.2) is 0 Å². The third-order valence-electron chi connectivity index (χ3n) is 4.14. The van der Waals surface area contributed by atoms with E-state index in [1.54, 1.807) is 0 Å². The molecule has 0 aliphatic heterocycles. The first-order valence-corrected chi connectivity index (χ1v) is 5.81. The third-order valence-corrected chi connectivity index (χ3v) is 4.14. The van der Waals surface area contributed by atoms with E-state index < -0.39 is 0 Å². The predicted octanol–water partition coefficient (Wildman–Crippen LogP) is 3.06. The monoisotopic (exact) mass is 183 g/mol. The van der Waals surface area contributed by atoms with E-state index in [4.69, 9.17) is 0 Å². The van der Waals surface area contributed by atoms with E-state index >= 15 is 0 Å². The average Bonchev–Trinajstić information content (AvgIpc) is 2.11. The molecule has 0 aromatic heterocycles. The molecule has 1 N–H and O–H groups in total. The van der Waals surface area contributed by atoms with E-state index in [9.17, 15) is 0 Å². The highest BCUT2D eigenvalue weighted by Gasteiger charge is 2.36. The first kappa shape index (κ1) is 11.0. The van der Waals surface area contributed by atoms with Crippen LogP contribution in [0.25, 0.3) is 0 Å². The van der Waals surface area contributed by atoms with Gasteiger partial charge < -0.3 is 5.32 Å². The van der Waals surface area contributed by atoms with Gasteiger partial charge in [0.1, 0.15) is 0 Å². The average molecular weight is 183 g/mol. The Morgan fingerprint density at radius 2 is 2.08 bits per heavy atom. The first-order chi connectivity index (χ1) is 6.10. The molecular formula is C12H25N. The summed E-state index contributed by atoms with van der Waals surface area (Å²) in [6, 6.07) is 0. The second-order valence-corrected chi connectivity index (χ2v) is 5.09. The van der Waals surface area contributed by atoms with Crippen LogP contribution in [-0.4, -0.2) is 13.1 Å². The lowest BCUT2D eigenvalue weighted by atomic mass is 9.64. The molecule has 0 saturated heterocycles. The maximum atomic E-state index is 3.51. The molecule has 78 valence electrons. The summed E-state index contributed by atoms with van der Waals surface area (Å²) in [6.07, 6.45) is 4.27. The second kappa shape index (κ2) is 4.45. The summed E-state index contributed by atoms with van der Waals surface area (Å²) < 4.78 is 0. The number of hydrogen-bond donors (Lipinski definition) is 1. The van der Waals surface area contributed by atoms with Crippen molar-refractivity contribution in [2.45, 2.75) is 47.0 Å². The van der Waals surface area contributed by atoms with Gasteiger partial charge in [-0.3, -0.25) is 0 Å². The summed E-state index contributed by atoms with van der Waals surface area (Å²) in [5.74, 6) is 1.79. The Labute approximate surface area is 83.3 Å². The van der Waals surface area contributed by atoms with Crippen molar-refractivity contribution in [3.05, 3.63) is 0 Å². The molecule has 0 heterocycles. The minimum atomic E-state index is 0.549. The molecule has 1 nitrogen and oxygen atoms in total. The van der Waals surface area contributed by atoms with Gasteiger partial charge in [0.2, 0.25) is 0 Å². The van der Waals surface area contributed by atoms with Crippen LogP contribution in [0, 0.1) is 17.3 Å². The fourth-order valence-corrected chi connectivity index (χ4v) is 2.65. The molecule has 1 aliphatic rings. The van der Waals surface area contributed by atoms with Gasteiger partial charge >= 0.3 is 0 Å². The Kier molecular flexibility index (Phi) is 3.78. The highest BCUT2D eigenvalue weighted by Crippen LogP contribution is 2.43. The molecule has 13 heavy (non-hydrogen) atoms. The van der Waals surface area contributed by atoms with Crippen molar-refractivity contribution in [2.24, 2.45) is 17.3 Å². The Bertz CT molecular complexity index is 155. The smallest absolute Gasteiger partial charge is 0.000770 e.